The highest BCUT2D eigenvalue weighted by Gasteiger charge is 2.48. The summed E-state index contributed by atoms with van der Waals surface area (Å²) in [5.74, 6) is -0.359. The molecule has 126 heavy (non-hydrogen) atoms. The van der Waals surface area contributed by atoms with Crippen LogP contribution in [0.2, 0.25) is 0 Å². The van der Waals surface area contributed by atoms with E-state index in [9.17, 15) is 53.0 Å². The Bertz CT molecular complexity index is 6260. The number of aromatic amines is 2. The van der Waals surface area contributed by atoms with Gasteiger partial charge in [-0.25, -0.2) is 49.3 Å². The molecule has 6 fully saturated rings. The molecule has 0 amide bonds. The van der Waals surface area contributed by atoms with Crippen LogP contribution in [-0.4, -0.2) is 201 Å². The molecule has 15 rings (SSSR count). The molecular formula is C62H77N23O29P6S6-6. The Kier molecular flexibility index (Phi) is 28.3. The molecule has 6 unspecified atom stereocenters. The summed E-state index contributed by atoms with van der Waals surface area (Å²) >= 11 is 32.5. The zero-order chi connectivity index (χ0) is 90.2. The summed E-state index contributed by atoms with van der Waals surface area (Å²) in [6.07, 6.45) is -13.8. The van der Waals surface area contributed by atoms with E-state index >= 15 is 0 Å². The molecule has 6 aliphatic heterocycles. The molecule has 0 bridgehead atoms. The molecule has 0 radical (unpaired) electrons. The average molecular weight is 1990 g/mol. The van der Waals surface area contributed by atoms with Crippen molar-refractivity contribution in [1.29, 1.82) is 0 Å². The highest BCUT2D eigenvalue weighted by atomic mass is 32.7. The van der Waals surface area contributed by atoms with E-state index in [1.165, 1.54) is 58.2 Å². The predicted molar refractivity (Wildman–Crippen MR) is 447 cm³/mol. The molecule has 0 aromatic carbocycles. The molecule has 686 valence electrons. The van der Waals surface area contributed by atoms with Crippen molar-refractivity contribution in [2.75, 3.05) is 68.8 Å². The van der Waals surface area contributed by atoms with Gasteiger partial charge in [-0.2, -0.15) is 15.0 Å². The van der Waals surface area contributed by atoms with Crippen molar-refractivity contribution >= 4 is 174 Å². The molecule has 0 spiro atoms. The Balaban J connectivity index is 0.640. The number of fused-ring (bicyclic) bond motifs is 3. The number of nitrogens with zero attached hydrogens (tertiary/aromatic N) is 16. The first kappa shape index (κ1) is 94.4. The van der Waals surface area contributed by atoms with Crippen LogP contribution in [0.1, 0.15) is 106 Å². The number of H-pyrrole nitrogens is 2. The van der Waals surface area contributed by atoms with Crippen LogP contribution < -0.4 is 81.3 Å². The molecule has 24 atom stereocenters. The maximum atomic E-state index is 14.9. The van der Waals surface area contributed by atoms with Crippen molar-refractivity contribution < 1.29 is 112 Å². The quantitative estimate of drug-likeness (QED) is 0.0175. The Hall–Kier alpha value is -6.20. The fraction of sp³-hybridized carbons (Fsp3) is 0.565. The van der Waals surface area contributed by atoms with Crippen molar-refractivity contribution in [3.8, 4) is 0 Å². The number of aromatic nitrogens is 18. The number of hydrogen-bond donors (Lipinski definition) is 7. The van der Waals surface area contributed by atoms with Gasteiger partial charge in [-0.1, -0.05) is 66.0 Å². The van der Waals surface area contributed by atoms with E-state index in [1.807, 2.05) is 0 Å². The molecule has 12 N–H and O–H groups in total. The zero-order valence-corrected chi connectivity index (χ0v) is 76.3. The minimum absolute atomic E-state index is 0.00686. The van der Waals surface area contributed by atoms with Gasteiger partial charge in [0.15, 0.2) is 40.9 Å². The lowest BCUT2D eigenvalue weighted by Crippen LogP contribution is -2.34. The van der Waals surface area contributed by atoms with Gasteiger partial charge in [-0.05, 0) is 27.2 Å². The number of imidazole rings is 3. The lowest BCUT2D eigenvalue weighted by Gasteiger charge is -2.36. The normalized spacial score (nSPS) is 29.4. The van der Waals surface area contributed by atoms with E-state index in [0.717, 1.165) is 33.5 Å². The predicted octanol–water partition coefficient (Wildman–Crippen LogP) is -1.55. The fourth-order valence-corrected chi connectivity index (χ4v) is 23.0. The van der Waals surface area contributed by atoms with Crippen LogP contribution >= 0.6 is 40.4 Å². The van der Waals surface area contributed by atoms with Crippen LogP contribution in [0.5, 0.6) is 0 Å². The number of rotatable bonds is 35. The molecule has 6 saturated heterocycles. The van der Waals surface area contributed by atoms with Gasteiger partial charge in [0.1, 0.15) is 137 Å². The monoisotopic (exact) mass is 1990 g/mol. The van der Waals surface area contributed by atoms with Crippen LogP contribution in [0.4, 0.5) is 29.2 Å². The third kappa shape index (κ3) is 21.4. The number of nitrogen functional groups attached to an aromatic ring is 5. The first-order chi connectivity index (χ1) is 59.5. The molecule has 0 aliphatic carbocycles. The second-order valence-corrected chi connectivity index (χ2v) is 45.6. The van der Waals surface area contributed by atoms with Crippen LogP contribution in [0.3, 0.4) is 0 Å². The average Bonchev–Trinajstić information content (AvgIpc) is 1.65. The van der Waals surface area contributed by atoms with Gasteiger partial charge in [-0.3, -0.25) is 51.5 Å². The van der Waals surface area contributed by atoms with E-state index in [2.05, 4.69) is 59.8 Å². The molecule has 64 heteroatoms. The second kappa shape index (κ2) is 37.8. The Morgan fingerprint density at radius 3 is 1.15 bits per heavy atom. The molecule has 6 aliphatic rings. The summed E-state index contributed by atoms with van der Waals surface area (Å²) < 4.78 is 130. The van der Waals surface area contributed by atoms with Crippen molar-refractivity contribution in [1.82, 2.24) is 87.2 Å². The summed E-state index contributed by atoms with van der Waals surface area (Å²) in [4.78, 5) is 182. The molecule has 9 aromatic rings. The summed E-state index contributed by atoms with van der Waals surface area (Å²) in [6.45, 7) is -25.8. The highest BCUT2D eigenvalue weighted by Crippen LogP contribution is 2.56. The third-order valence-corrected chi connectivity index (χ3v) is 30.4. The minimum atomic E-state index is -4.92. The van der Waals surface area contributed by atoms with Crippen LogP contribution in [0.15, 0.2) is 74.2 Å². The lowest BCUT2D eigenvalue weighted by atomic mass is 10.1. The molecule has 15 heterocycles. The van der Waals surface area contributed by atoms with Gasteiger partial charge in [0.2, 0.25) is 5.95 Å². The zero-order valence-electron chi connectivity index (χ0n) is 66.0. The number of nitrogens with two attached hydrogens (primary N) is 5. The molecular weight excluding hydrogens is 1910 g/mol. The Morgan fingerprint density at radius 1 is 0.421 bits per heavy atom. The Labute approximate surface area is 739 Å². The van der Waals surface area contributed by atoms with Gasteiger partial charge in [-0.15, -0.1) is 0 Å². The summed E-state index contributed by atoms with van der Waals surface area (Å²) in [5, 5.41) is 0. The van der Waals surface area contributed by atoms with E-state index < -0.39 is 212 Å². The fourth-order valence-electron chi connectivity index (χ4n) is 14.7. The SMILES string of the molecule is CC[C@H]1O[C@@H](n2cnc3c(=O)[nH]c(N)nc32)C[C@H]1OP([O-])(=S)OC[C@H]1O[C@@H](n2cc(C)c(=O)[nH]c2=O)C[C@H]1OP(=O)([S-])OC[C@H]1O[C@@H](n2cnc3c(N)ncnc32)C[C@H]1OP([O-])(=S)OC[C@H]1O[C@@H](n2cnc3c(N)ncnc32)C[C@H]1OP([O-])(=S)OC[C@H]1O[C@@H](n2cc(C)c(N)nc2=O)C[C@H]1OP([O-])(=S)OC[C@H]1O[C@@H](n2cc(C)c(N)nc2=O)C[C@H]1OP([O-])(=S)OC. The first-order valence-electron chi connectivity index (χ1n) is 37.8. The summed E-state index contributed by atoms with van der Waals surface area (Å²) in [5.41, 5.74) is 27.6. The van der Waals surface area contributed by atoms with Crippen molar-refractivity contribution in [2.45, 2.75) is 183 Å². The topological polar surface area (TPSA) is 704 Å². The Morgan fingerprint density at radius 2 is 0.754 bits per heavy atom. The molecule has 9 aromatic heterocycles. The van der Waals surface area contributed by atoms with Gasteiger partial charge in [0.05, 0.1) is 94.7 Å². The lowest BCUT2D eigenvalue weighted by molar-refractivity contribution is -0.221. The number of anilines is 5. The van der Waals surface area contributed by atoms with Gasteiger partial charge >= 0.3 is 17.1 Å². The van der Waals surface area contributed by atoms with Gasteiger partial charge in [0.25, 0.3) is 11.1 Å². The van der Waals surface area contributed by atoms with Crippen molar-refractivity contribution in [3.05, 3.63) is 119 Å². The minimum Gasteiger partial charge on any atom is -0.780 e. The van der Waals surface area contributed by atoms with Crippen LogP contribution in [-0.2, 0) is 159 Å². The number of ether oxygens (including phenoxy) is 6. The van der Waals surface area contributed by atoms with Crippen molar-refractivity contribution in [3.63, 3.8) is 0 Å². The summed E-state index contributed by atoms with van der Waals surface area (Å²) in [6, 6.07) is 0. The third-order valence-electron chi connectivity index (χ3n) is 20.9. The number of aryl methyl sites for hydroxylation is 3. The maximum Gasteiger partial charge on any atom is 0.351 e. The van der Waals surface area contributed by atoms with E-state index in [4.69, 9.17) is 183 Å². The van der Waals surface area contributed by atoms with Gasteiger partial charge in [0, 0.05) is 80.9 Å². The first-order valence-corrected chi connectivity index (χ1v) is 53.1. The second-order valence-electron chi connectivity index (χ2n) is 29.2. The number of hydrogen-bond acceptors (Lipinski definition) is 50. The molecule has 52 nitrogen and oxygen atoms in total. The maximum absolute atomic E-state index is 14.9. The van der Waals surface area contributed by atoms with Gasteiger partial charge < -0.3 is 148 Å². The van der Waals surface area contributed by atoms with E-state index in [1.54, 1.807) is 20.8 Å². The van der Waals surface area contributed by atoms with E-state index in [-0.39, 0.29) is 107 Å². The van der Waals surface area contributed by atoms with Crippen LogP contribution in [0.25, 0.3) is 33.5 Å². The van der Waals surface area contributed by atoms with Crippen LogP contribution in [0, 0.1) is 20.8 Å². The van der Waals surface area contributed by atoms with E-state index in [0.29, 0.717) is 17.5 Å². The smallest absolute Gasteiger partial charge is 0.351 e. The standard InChI is InChI=1S/C62H83N23O29P6S6/c1-6-29-30(7-46(103-29)85-25-74-49-56(85)77-59(67)78-58(49)87)110-116(92,122)98-17-38-33(10-43(106-38)82-15-28(4)57(86)79-62(82)90)112-118(94,124)101-19-39-35(12-45(107-39)84-24-73-48-53(66)69-22-71-55(48)84)114-120(96,126)102-20-40-34(11-44(108-40)83-23-72-47-52(65)68-21-70-54(47)83)113-119(95,125)100-18-37-32(9-42(105-37)81-14-27(3)51(64)76-61(81)89)111-117(93,123)99-16-36-31(109-115(91,121)97-5)8-41(104-36)80-13-26(2)50(63)75-60(80)88/h13-15,21-25,29-46H,6-12,16-20H2,1-5H3,(H,91,121)(H,92,122)(H,93,123)(H,94,124)(H,95,125)(H,96,126)(H2,63,75,88)(H2,64,76,89)(H2,65,68,70)(H2,66,69,71)(H,79,86,90)(H3,67,77,78,87)/p-6/t29-,30-,31-,32-,33-,34-,35-,36-,37-,38-,39-,40-,41-,42-,43-,44-,45-,46-,115?,116?,117?,118?,119?,120?/m1/s1. The largest absolute Gasteiger partial charge is 0.780 e. The van der Waals surface area contributed by atoms with Crippen molar-refractivity contribution in [2.24, 2.45) is 0 Å². The number of nitrogens with one attached hydrogen (secondary N) is 2. The highest BCUT2D eigenvalue weighted by molar-refractivity contribution is 8.32. The summed E-state index contributed by atoms with van der Waals surface area (Å²) in [7, 11) is 1.05. The molecule has 0 saturated carbocycles.